The van der Waals surface area contributed by atoms with Crippen molar-refractivity contribution in [2.45, 2.75) is 31.5 Å². The Bertz CT molecular complexity index is 720. The molecular weight excluding hydrogens is 314 g/mol. The first-order valence-electron chi connectivity index (χ1n) is 8.10. The lowest BCUT2D eigenvalue weighted by atomic mass is 10.1. The summed E-state index contributed by atoms with van der Waals surface area (Å²) in [5.74, 6) is 0.101. The summed E-state index contributed by atoms with van der Waals surface area (Å²) in [7, 11) is 0. The number of H-pyrrole nitrogens is 1. The van der Waals surface area contributed by atoms with Gasteiger partial charge < -0.3 is 19.9 Å². The lowest BCUT2D eigenvalue weighted by Gasteiger charge is -2.30. The van der Waals surface area contributed by atoms with Gasteiger partial charge in [-0.25, -0.2) is 0 Å². The zero-order valence-corrected chi connectivity index (χ0v) is 13.6. The summed E-state index contributed by atoms with van der Waals surface area (Å²) in [6.45, 7) is 2.64. The van der Waals surface area contributed by atoms with Crippen molar-refractivity contribution in [3.63, 3.8) is 0 Å². The van der Waals surface area contributed by atoms with Crippen LogP contribution in [0.4, 0.5) is 0 Å². The first-order chi connectivity index (χ1) is 11.2. The molecule has 1 atom stereocenters. The van der Waals surface area contributed by atoms with Crippen LogP contribution in [-0.4, -0.2) is 47.6 Å². The Morgan fingerprint density at radius 3 is 3.00 bits per heavy atom. The van der Waals surface area contributed by atoms with Gasteiger partial charge in [0.05, 0.1) is 11.6 Å². The Labute approximate surface area is 139 Å². The van der Waals surface area contributed by atoms with E-state index in [-0.39, 0.29) is 12.0 Å². The molecule has 1 aliphatic carbocycles. The standard InChI is InChI=1S/C17H20ClN3O2/c18-14-8-20-15-7-11(1-4-13(14)15)10-21(12-2-3-12)17(22)16-9-19-5-6-23-16/h1,4,7-8,12,16,19-20H,2-3,5-6,9-10H2. The Hall–Kier alpha value is -1.56. The zero-order valence-electron chi connectivity index (χ0n) is 12.8. The van der Waals surface area contributed by atoms with Crippen LogP contribution in [0.2, 0.25) is 5.02 Å². The monoisotopic (exact) mass is 333 g/mol. The van der Waals surface area contributed by atoms with E-state index in [0.29, 0.717) is 25.7 Å². The quantitative estimate of drug-likeness (QED) is 0.902. The van der Waals surface area contributed by atoms with Gasteiger partial charge in [-0.15, -0.1) is 0 Å². The fourth-order valence-electron chi connectivity index (χ4n) is 3.12. The number of fused-ring (bicyclic) bond motifs is 1. The van der Waals surface area contributed by atoms with Crippen LogP contribution in [0, 0.1) is 0 Å². The highest BCUT2D eigenvalue weighted by Gasteiger charge is 2.36. The van der Waals surface area contributed by atoms with Gasteiger partial charge in [-0.1, -0.05) is 23.7 Å². The summed E-state index contributed by atoms with van der Waals surface area (Å²) in [5, 5.41) is 4.97. The van der Waals surface area contributed by atoms with Crippen molar-refractivity contribution in [2.24, 2.45) is 0 Å². The van der Waals surface area contributed by atoms with Crippen LogP contribution < -0.4 is 5.32 Å². The Morgan fingerprint density at radius 1 is 1.39 bits per heavy atom. The smallest absolute Gasteiger partial charge is 0.253 e. The second-order valence-electron chi connectivity index (χ2n) is 6.28. The van der Waals surface area contributed by atoms with E-state index in [9.17, 15) is 4.79 Å². The fourth-order valence-corrected chi connectivity index (χ4v) is 3.33. The number of aromatic nitrogens is 1. The van der Waals surface area contributed by atoms with Gasteiger partial charge >= 0.3 is 0 Å². The maximum Gasteiger partial charge on any atom is 0.253 e. The first-order valence-corrected chi connectivity index (χ1v) is 8.48. The van der Waals surface area contributed by atoms with Crippen molar-refractivity contribution >= 4 is 28.4 Å². The highest BCUT2D eigenvalue weighted by Crippen LogP contribution is 2.30. The van der Waals surface area contributed by atoms with E-state index >= 15 is 0 Å². The normalized spacial score (nSPS) is 21.5. The van der Waals surface area contributed by atoms with Gasteiger partial charge in [0.25, 0.3) is 5.91 Å². The Morgan fingerprint density at radius 2 is 2.26 bits per heavy atom. The molecule has 2 aromatic rings. The van der Waals surface area contributed by atoms with Crippen molar-refractivity contribution < 1.29 is 9.53 Å². The number of carbonyl (C=O) groups is 1. The second kappa shape index (κ2) is 6.15. The van der Waals surface area contributed by atoms with E-state index in [1.54, 1.807) is 6.20 Å². The number of rotatable bonds is 4. The molecule has 5 nitrogen and oxygen atoms in total. The number of hydrogen-bond donors (Lipinski definition) is 2. The molecule has 1 aromatic heterocycles. The summed E-state index contributed by atoms with van der Waals surface area (Å²) in [4.78, 5) is 17.9. The van der Waals surface area contributed by atoms with Crippen molar-refractivity contribution in [1.82, 2.24) is 15.2 Å². The fraction of sp³-hybridized carbons (Fsp3) is 0.471. The number of aromatic amines is 1. The summed E-state index contributed by atoms with van der Waals surface area (Å²) >= 11 is 6.12. The molecule has 1 aliphatic heterocycles. The molecule has 1 unspecified atom stereocenters. The summed E-state index contributed by atoms with van der Waals surface area (Å²) in [5.41, 5.74) is 2.12. The summed E-state index contributed by atoms with van der Waals surface area (Å²) in [6.07, 6.45) is 3.61. The van der Waals surface area contributed by atoms with Crippen LogP contribution >= 0.6 is 11.6 Å². The van der Waals surface area contributed by atoms with Crippen LogP contribution in [-0.2, 0) is 16.1 Å². The van der Waals surface area contributed by atoms with Crippen molar-refractivity contribution in [3.05, 3.63) is 35.0 Å². The first kappa shape index (κ1) is 15.0. The number of amides is 1. The number of carbonyl (C=O) groups excluding carboxylic acids is 1. The lowest BCUT2D eigenvalue weighted by molar-refractivity contribution is -0.146. The van der Waals surface area contributed by atoms with Gasteiger partial charge in [0.2, 0.25) is 0 Å². The highest BCUT2D eigenvalue weighted by molar-refractivity contribution is 6.35. The van der Waals surface area contributed by atoms with E-state index in [1.165, 1.54) is 0 Å². The number of ether oxygens (including phenoxy) is 1. The molecule has 2 aliphatic rings. The molecule has 1 saturated carbocycles. The second-order valence-corrected chi connectivity index (χ2v) is 6.68. The maximum absolute atomic E-state index is 12.8. The van der Waals surface area contributed by atoms with Crippen LogP contribution in [0.25, 0.3) is 10.9 Å². The Balaban J connectivity index is 1.53. The van der Waals surface area contributed by atoms with E-state index in [2.05, 4.69) is 16.4 Å². The molecule has 0 radical (unpaired) electrons. The Kier molecular flexibility index (Phi) is 4.01. The average Bonchev–Trinajstić information content (AvgIpc) is 3.37. The van der Waals surface area contributed by atoms with Crippen molar-refractivity contribution in [2.75, 3.05) is 19.7 Å². The van der Waals surface area contributed by atoms with Crippen LogP contribution in [0.3, 0.4) is 0 Å². The minimum Gasteiger partial charge on any atom is -0.366 e. The van der Waals surface area contributed by atoms with Gasteiger partial charge in [0, 0.05) is 42.8 Å². The van der Waals surface area contributed by atoms with Gasteiger partial charge in [0.1, 0.15) is 6.10 Å². The van der Waals surface area contributed by atoms with Crippen LogP contribution in [0.5, 0.6) is 0 Å². The van der Waals surface area contributed by atoms with Crippen LogP contribution in [0.15, 0.2) is 24.4 Å². The molecule has 1 saturated heterocycles. The molecule has 2 fully saturated rings. The third-order valence-corrected chi connectivity index (χ3v) is 4.84. The predicted molar refractivity (Wildman–Crippen MR) is 89.5 cm³/mol. The molecule has 0 bridgehead atoms. The van der Waals surface area contributed by atoms with E-state index < -0.39 is 0 Å². The van der Waals surface area contributed by atoms with Crippen molar-refractivity contribution in [1.29, 1.82) is 0 Å². The lowest BCUT2D eigenvalue weighted by Crippen LogP contribution is -2.49. The van der Waals surface area contributed by atoms with Gasteiger partial charge in [0.15, 0.2) is 0 Å². The molecule has 0 spiro atoms. The third kappa shape index (κ3) is 3.09. The van der Waals surface area contributed by atoms with Crippen LogP contribution in [0.1, 0.15) is 18.4 Å². The largest absolute Gasteiger partial charge is 0.366 e. The van der Waals surface area contributed by atoms with E-state index in [0.717, 1.165) is 40.9 Å². The maximum atomic E-state index is 12.8. The predicted octanol–water partition coefficient (Wildman–Crippen LogP) is 2.30. The zero-order chi connectivity index (χ0) is 15.8. The number of nitrogens with zero attached hydrogens (tertiary/aromatic N) is 1. The minimum absolute atomic E-state index is 0.101. The molecule has 4 rings (SSSR count). The third-order valence-electron chi connectivity index (χ3n) is 4.52. The van der Waals surface area contributed by atoms with Crippen molar-refractivity contribution in [3.8, 4) is 0 Å². The highest BCUT2D eigenvalue weighted by atomic mass is 35.5. The average molecular weight is 334 g/mol. The van der Waals surface area contributed by atoms with Gasteiger partial charge in [-0.3, -0.25) is 4.79 Å². The number of nitrogens with one attached hydrogen (secondary N) is 2. The molecular formula is C17H20ClN3O2. The molecule has 122 valence electrons. The SMILES string of the molecule is O=C(C1CNCCO1)N(Cc1ccc2c(Cl)c[nH]c2c1)C1CC1. The molecule has 23 heavy (non-hydrogen) atoms. The topological polar surface area (TPSA) is 57.4 Å². The number of hydrogen-bond acceptors (Lipinski definition) is 3. The number of halogens is 1. The number of benzene rings is 1. The molecule has 6 heteroatoms. The molecule has 1 amide bonds. The van der Waals surface area contributed by atoms with E-state index in [4.69, 9.17) is 16.3 Å². The molecule has 2 heterocycles. The van der Waals surface area contributed by atoms with Gasteiger partial charge in [-0.05, 0) is 24.5 Å². The molecule has 2 N–H and O–H groups in total. The molecule has 1 aromatic carbocycles. The summed E-state index contributed by atoms with van der Waals surface area (Å²) in [6, 6.07) is 6.49. The minimum atomic E-state index is -0.354. The summed E-state index contributed by atoms with van der Waals surface area (Å²) < 4.78 is 5.63. The van der Waals surface area contributed by atoms with E-state index in [1.807, 2.05) is 17.0 Å². The number of morpholine rings is 1. The van der Waals surface area contributed by atoms with Gasteiger partial charge in [-0.2, -0.15) is 0 Å².